The van der Waals surface area contributed by atoms with Crippen molar-refractivity contribution >= 4 is 23.2 Å². The molecule has 1 aliphatic heterocycles. The molecule has 0 saturated carbocycles. The molecule has 4 aromatic rings. The molecule has 13 heteroatoms. The quantitative estimate of drug-likeness (QED) is 0.346. The maximum Gasteiger partial charge on any atom is 0.296 e. The minimum Gasteiger partial charge on any atom is -0.501 e. The SMILES string of the molecule is C[C@@H](c1nc(C(=O)Nc2cnoc2)c(O)c(=O)n1C)[C@H](c1cnn(CC2COC2)c1)c1cc(F)ccc1Cl. The van der Waals surface area contributed by atoms with Gasteiger partial charge in [-0.3, -0.25) is 18.8 Å². The van der Waals surface area contributed by atoms with Gasteiger partial charge in [-0.05, 0) is 29.3 Å². The van der Waals surface area contributed by atoms with Crippen LogP contribution < -0.4 is 10.9 Å². The molecule has 1 saturated heterocycles. The Kier molecular flexibility index (Phi) is 7.00. The van der Waals surface area contributed by atoms with Crippen molar-refractivity contribution in [1.82, 2.24) is 24.5 Å². The third kappa shape index (κ3) is 4.92. The zero-order chi connectivity index (χ0) is 27.0. The predicted molar refractivity (Wildman–Crippen MR) is 134 cm³/mol. The third-order valence-corrected chi connectivity index (χ3v) is 6.92. The number of ether oxygens (including phenoxy) is 1. The Hall–Kier alpha value is -4.03. The summed E-state index contributed by atoms with van der Waals surface area (Å²) in [5.74, 6) is -2.81. The number of carbonyl (C=O) groups excluding carboxylic acids is 1. The molecule has 3 aromatic heterocycles. The van der Waals surface area contributed by atoms with Crippen LogP contribution in [0.5, 0.6) is 5.75 Å². The summed E-state index contributed by atoms with van der Waals surface area (Å²) >= 11 is 6.53. The second-order valence-corrected chi connectivity index (χ2v) is 9.64. The lowest BCUT2D eigenvalue weighted by atomic mass is 9.82. The molecule has 198 valence electrons. The average molecular weight is 543 g/mol. The lowest BCUT2D eigenvalue weighted by Crippen LogP contribution is -2.31. The number of aromatic hydroxyl groups is 1. The largest absolute Gasteiger partial charge is 0.501 e. The molecule has 4 heterocycles. The number of rotatable bonds is 8. The van der Waals surface area contributed by atoms with Crippen LogP contribution in [0.1, 0.15) is 46.2 Å². The first kappa shape index (κ1) is 25.6. The highest BCUT2D eigenvalue weighted by atomic mass is 35.5. The molecular weight excluding hydrogens is 519 g/mol. The first-order chi connectivity index (χ1) is 18.2. The zero-order valence-electron chi connectivity index (χ0n) is 20.5. The Bertz CT molecular complexity index is 1530. The number of carbonyl (C=O) groups is 1. The van der Waals surface area contributed by atoms with Gasteiger partial charge >= 0.3 is 0 Å². The smallest absolute Gasteiger partial charge is 0.296 e. The Morgan fingerprint density at radius 3 is 2.82 bits per heavy atom. The van der Waals surface area contributed by atoms with E-state index in [4.69, 9.17) is 20.9 Å². The van der Waals surface area contributed by atoms with Crippen LogP contribution in [0.15, 0.2) is 52.4 Å². The molecule has 0 unspecified atom stereocenters. The van der Waals surface area contributed by atoms with Gasteiger partial charge in [0.1, 0.15) is 23.6 Å². The van der Waals surface area contributed by atoms with Gasteiger partial charge in [0.15, 0.2) is 5.69 Å². The maximum absolute atomic E-state index is 14.4. The summed E-state index contributed by atoms with van der Waals surface area (Å²) < 4.78 is 27.3. The van der Waals surface area contributed by atoms with Gasteiger partial charge in [-0.1, -0.05) is 23.7 Å². The third-order valence-electron chi connectivity index (χ3n) is 6.57. The van der Waals surface area contributed by atoms with Gasteiger partial charge in [0.05, 0.1) is 25.6 Å². The van der Waals surface area contributed by atoms with Gasteiger partial charge in [0.2, 0.25) is 5.75 Å². The molecule has 0 aliphatic carbocycles. The highest BCUT2D eigenvalue weighted by Gasteiger charge is 2.32. The molecule has 1 aliphatic rings. The molecule has 0 bridgehead atoms. The molecule has 0 radical (unpaired) electrons. The second-order valence-electron chi connectivity index (χ2n) is 9.23. The summed E-state index contributed by atoms with van der Waals surface area (Å²) in [5.41, 5.74) is 0.106. The molecule has 11 nitrogen and oxygen atoms in total. The number of hydrogen-bond acceptors (Lipinski definition) is 8. The van der Waals surface area contributed by atoms with Crippen LogP contribution in [0.2, 0.25) is 5.02 Å². The van der Waals surface area contributed by atoms with E-state index in [0.29, 0.717) is 41.8 Å². The fourth-order valence-electron chi connectivity index (χ4n) is 4.56. The first-order valence-corrected chi connectivity index (χ1v) is 12.2. The first-order valence-electron chi connectivity index (χ1n) is 11.8. The van der Waals surface area contributed by atoms with Gasteiger partial charge in [0, 0.05) is 42.6 Å². The predicted octanol–water partition coefficient (Wildman–Crippen LogP) is 3.30. The highest BCUT2D eigenvalue weighted by molar-refractivity contribution is 6.31. The van der Waals surface area contributed by atoms with Crippen LogP contribution >= 0.6 is 11.6 Å². The van der Waals surface area contributed by atoms with Crippen LogP contribution in [0.3, 0.4) is 0 Å². The number of amides is 1. The van der Waals surface area contributed by atoms with E-state index in [9.17, 15) is 19.1 Å². The summed E-state index contributed by atoms with van der Waals surface area (Å²) in [6.07, 6.45) is 5.96. The van der Waals surface area contributed by atoms with E-state index in [2.05, 4.69) is 20.6 Å². The number of hydrogen-bond donors (Lipinski definition) is 2. The van der Waals surface area contributed by atoms with Crippen molar-refractivity contribution in [2.75, 3.05) is 18.5 Å². The normalized spacial score (nSPS) is 15.2. The van der Waals surface area contributed by atoms with Gasteiger partial charge < -0.3 is 19.7 Å². The van der Waals surface area contributed by atoms with E-state index in [0.717, 1.165) is 4.57 Å². The Labute approximate surface area is 220 Å². The van der Waals surface area contributed by atoms with E-state index in [1.807, 2.05) is 6.20 Å². The number of nitrogens with zero attached hydrogens (tertiary/aromatic N) is 5. The van der Waals surface area contributed by atoms with E-state index in [1.165, 1.54) is 37.7 Å². The fourth-order valence-corrected chi connectivity index (χ4v) is 4.80. The van der Waals surface area contributed by atoms with Crippen molar-refractivity contribution < 1.29 is 23.6 Å². The van der Waals surface area contributed by atoms with Crippen LogP contribution in [-0.2, 0) is 18.3 Å². The molecule has 1 amide bonds. The number of anilines is 1. The van der Waals surface area contributed by atoms with Crippen molar-refractivity contribution in [1.29, 1.82) is 0 Å². The zero-order valence-corrected chi connectivity index (χ0v) is 21.2. The molecule has 38 heavy (non-hydrogen) atoms. The van der Waals surface area contributed by atoms with E-state index in [1.54, 1.807) is 17.8 Å². The number of nitrogens with one attached hydrogen (secondary N) is 1. The Morgan fingerprint density at radius 1 is 1.34 bits per heavy atom. The molecule has 5 rings (SSSR count). The van der Waals surface area contributed by atoms with Crippen molar-refractivity contribution in [3.05, 3.63) is 86.9 Å². The van der Waals surface area contributed by atoms with Crippen LogP contribution in [0.4, 0.5) is 10.1 Å². The molecule has 2 atom stereocenters. The Balaban J connectivity index is 1.58. The Morgan fingerprint density at radius 2 is 2.13 bits per heavy atom. The summed E-state index contributed by atoms with van der Waals surface area (Å²) in [4.78, 5) is 30.2. The minimum atomic E-state index is -0.826. The number of benzene rings is 1. The lowest BCUT2D eigenvalue weighted by molar-refractivity contribution is -0.0408. The van der Waals surface area contributed by atoms with Gasteiger partial charge in [-0.15, -0.1) is 0 Å². The summed E-state index contributed by atoms with van der Waals surface area (Å²) in [7, 11) is 1.44. The van der Waals surface area contributed by atoms with E-state index >= 15 is 0 Å². The van der Waals surface area contributed by atoms with E-state index < -0.39 is 40.6 Å². The number of aromatic nitrogens is 5. The van der Waals surface area contributed by atoms with Gasteiger partial charge in [0.25, 0.3) is 11.5 Å². The van der Waals surface area contributed by atoms with Crippen LogP contribution in [-0.4, -0.2) is 48.7 Å². The standard InChI is InChI=1S/C25H24ClFN6O5/c1-13(23-31-21(22(34)25(36)32(23)2)24(35)30-17-7-29-38-12-17)20(18-5-16(27)3-4-19(18)26)15-6-28-33(9-15)8-14-10-37-11-14/h3-7,9,12-14,20,34H,8,10-11H2,1-2H3,(H,30,35)/t13-,20-/m1/s1. The summed E-state index contributed by atoms with van der Waals surface area (Å²) in [5, 5.41) is 21.2. The summed E-state index contributed by atoms with van der Waals surface area (Å²) in [6, 6.07) is 4.05. The second kappa shape index (κ2) is 10.4. The molecule has 2 N–H and O–H groups in total. The molecule has 1 fully saturated rings. The minimum absolute atomic E-state index is 0.175. The van der Waals surface area contributed by atoms with Crippen molar-refractivity contribution in [3.8, 4) is 5.75 Å². The molecule has 1 aromatic carbocycles. The molecule has 0 spiro atoms. The van der Waals surface area contributed by atoms with Gasteiger partial charge in [-0.2, -0.15) is 5.10 Å². The highest BCUT2D eigenvalue weighted by Crippen LogP contribution is 2.41. The van der Waals surface area contributed by atoms with Crippen molar-refractivity contribution in [2.45, 2.75) is 25.3 Å². The lowest BCUT2D eigenvalue weighted by Gasteiger charge is -2.27. The fraction of sp³-hybridized carbons (Fsp3) is 0.320. The number of halogens is 2. The molecular formula is C25H24ClFN6O5. The topological polar surface area (TPSA) is 137 Å². The summed E-state index contributed by atoms with van der Waals surface area (Å²) in [6.45, 7) is 3.75. The van der Waals surface area contributed by atoms with Crippen LogP contribution in [0.25, 0.3) is 0 Å². The van der Waals surface area contributed by atoms with Crippen molar-refractivity contribution in [3.63, 3.8) is 0 Å². The van der Waals surface area contributed by atoms with E-state index in [-0.39, 0.29) is 11.5 Å². The van der Waals surface area contributed by atoms with Crippen LogP contribution in [0, 0.1) is 11.7 Å². The average Bonchev–Trinajstić information content (AvgIpc) is 3.54. The monoisotopic (exact) mass is 542 g/mol. The van der Waals surface area contributed by atoms with Crippen molar-refractivity contribution in [2.24, 2.45) is 13.0 Å². The maximum atomic E-state index is 14.4. The van der Waals surface area contributed by atoms with Gasteiger partial charge in [-0.25, -0.2) is 9.37 Å².